The Hall–Kier alpha value is 0.0169. The average Bonchev–Trinajstić information content (AvgIpc) is 2.72. The molecule has 2 aliphatic rings. The van der Waals surface area contributed by atoms with E-state index >= 15 is 0 Å². The van der Waals surface area contributed by atoms with Crippen LogP contribution in [0.15, 0.2) is 0 Å². The van der Waals surface area contributed by atoms with Gasteiger partial charge in [0.15, 0.2) is 20.4 Å². The third-order valence-electron chi connectivity index (χ3n) is 4.79. The second-order valence-corrected chi connectivity index (χ2v) is 12.8. The highest BCUT2D eigenvalue weighted by molar-refractivity contribution is 6.74. The van der Waals surface area contributed by atoms with Gasteiger partial charge in [-0.05, 0) is 38.4 Å². The van der Waals surface area contributed by atoms with Crippen molar-refractivity contribution in [1.82, 2.24) is 0 Å². The first kappa shape index (κ1) is 17.4. The number of fused-ring (bicyclic) bond motifs is 1. The fraction of sp³-hybridized carbons (Fsp3) is 1.00. The predicted octanol–water partition coefficient (Wildman–Crippen LogP) is 2.64. The van der Waals surface area contributed by atoms with Gasteiger partial charge in [0.2, 0.25) is 0 Å². The van der Waals surface area contributed by atoms with Crippen LogP contribution in [0.2, 0.25) is 18.1 Å². The summed E-state index contributed by atoms with van der Waals surface area (Å²) in [7, 11) is -1.75. The van der Waals surface area contributed by atoms with Crippen molar-refractivity contribution in [1.29, 1.82) is 0 Å². The number of hydrogen-bond acceptors (Lipinski definition) is 5. The fourth-order valence-corrected chi connectivity index (χ4v) is 3.50. The molecule has 2 aliphatic heterocycles. The van der Waals surface area contributed by atoms with Gasteiger partial charge < -0.3 is 23.7 Å². The molecule has 2 fully saturated rings. The quantitative estimate of drug-likeness (QED) is 0.808. The highest BCUT2D eigenvalue weighted by Gasteiger charge is 2.54. The summed E-state index contributed by atoms with van der Waals surface area (Å²) < 4.78 is 23.2. The Labute approximate surface area is 129 Å². The van der Waals surface area contributed by atoms with Gasteiger partial charge in [0.1, 0.15) is 12.2 Å². The maximum Gasteiger partial charge on any atom is 0.191 e. The highest BCUT2D eigenvalue weighted by Crippen LogP contribution is 2.39. The summed E-state index contributed by atoms with van der Waals surface area (Å²) in [5.74, 6) is -0.682. The molecule has 0 saturated carbocycles. The Morgan fingerprint density at radius 1 is 1.19 bits per heavy atom. The summed E-state index contributed by atoms with van der Waals surface area (Å²) in [6.45, 7) is 15.4. The van der Waals surface area contributed by atoms with E-state index in [9.17, 15) is 5.11 Å². The van der Waals surface area contributed by atoms with Gasteiger partial charge in [0, 0.05) is 6.61 Å². The number of rotatable bonds is 4. The van der Waals surface area contributed by atoms with Crippen LogP contribution in [-0.2, 0) is 18.6 Å². The summed E-state index contributed by atoms with van der Waals surface area (Å²) in [6, 6.07) is 0. The zero-order valence-corrected chi connectivity index (χ0v) is 15.3. The van der Waals surface area contributed by atoms with Crippen LogP contribution >= 0.6 is 0 Å². The zero-order chi connectivity index (χ0) is 16.1. The Bertz CT molecular complexity index is 377. The Balaban J connectivity index is 1.82. The smallest absolute Gasteiger partial charge is 0.191 e. The third-order valence-corrected chi connectivity index (χ3v) is 9.32. The first-order valence-corrected chi connectivity index (χ1v) is 10.7. The molecule has 1 N–H and O–H groups in total. The lowest BCUT2D eigenvalue weighted by atomic mass is 10.1. The normalized spacial score (nSPS) is 36.0. The molecule has 0 spiro atoms. The monoisotopic (exact) mass is 318 g/mol. The minimum Gasteiger partial charge on any atom is -0.417 e. The van der Waals surface area contributed by atoms with E-state index < -0.39 is 32.6 Å². The minimum absolute atomic E-state index is 0.189. The van der Waals surface area contributed by atoms with Crippen LogP contribution in [0, 0.1) is 0 Å². The van der Waals surface area contributed by atoms with Crippen LogP contribution in [0.1, 0.15) is 41.0 Å². The van der Waals surface area contributed by atoms with Crippen LogP contribution < -0.4 is 0 Å². The Morgan fingerprint density at radius 2 is 1.81 bits per heavy atom. The van der Waals surface area contributed by atoms with Crippen molar-refractivity contribution in [3.8, 4) is 0 Å². The second-order valence-electron chi connectivity index (χ2n) is 8.03. The van der Waals surface area contributed by atoms with Gasteiger partial charge in [0.05, 0.1) is 6.10 Å². The standard InChI is InChI=1S/C15H30O5Si/c1-14(2,3)21(6,7)17-9-8-10-11(16)12-13(18-10)20-15(4,5)19-12/h10-13,16H,8-9H2,1-7H3/t10-,11+,12-,13?/m1/s1. The lowest BCUT2D eigenvalue weighted by Crippen LogP contribution is -2.42. The largest absolute Gasteiger partial charge is 0.417 e. The maximum absolute atomic E-state index is 10.3. The first-order chi connectivity index (χ1) is 9.43. The number of hydrogen-bond donors (Lipinski definition) is 1. The van der Waals surface area contributed by atoms with Crippen LogP contribution in [0.25, 0.3) is 0 Å². The minimum atomic E-state index is -1.75. The molecule has 0 bridgehead atoms. The van der Waals surface area contributed by atoms with Crippen molar-refractivity contribution in [2.24, 2.45) is 0 Å². The molecule has 2 saturated heterocycles. The molecule has 124 valence electrons. The summed E-state index contributed by atoms with van der Waals surface area (Å²) >= 11 is 0. The van der Waals surface area contributed by atoms with Gasteiger partial charge in [-0.15, -0.1) is 0 Å². The molecule has 0 aromatic rings. The van der Waals surface area contributed by atoms with Gasteiger partial charge in [-0.3, -0.25) is 0 Å². The molecule has 1 unspecified atom stereocenters. The van der Waals surface area contributed by atoms with Gasteiger partial charge >= 0.3 is 0 Å². The molecule has 6 heteroatoms. The maximum atomic E-state index is 10.3. The van der Waals surface area contributed by atoms with Crippen molar-refractivity contribution in [3.05, 3.63) is 0 Å². The van der Waals surface area contributed by atoms with Gasteiger partial charge in [-0.25, -0.2) is 0 Å². The second kappa shape index (κ2) is 5.58. The molecular formula is C15H30O5Si. The predicted molar refractivity (Wildman–Crippen MR) is 82.5 cm³/mol. The van der Waals surface area contributed by atoms with E-state index in [1.807, 2.05) is 13.8 Å². The molecule has 2 heterocycles. The van der Waals surface area contributed by atoms with E-state index in [1.54, 1.807) is 0 Å². The van der Waals surface area contributed by atoms with Gasteiger partial charge in [0.25, 0.3) is 0 Å². The number of ether oxygens (including phenoxy) is 3. The lowest BCUT2D eigenvalue weighted by Gasteiger charge is -2.36. The molecule has 0 amide bonds. The van der Waals surface area contributed by atoms with Crippen molar-refractivity contribution in [2.45, 2.75) is 89.6 Å². The van der Waals surface area contributed by atoms with Crippen LogP contribution in [0.5, 0.6) is 0 Å². The van der Waals surface area contributed by atoms with E-state index in [2.05, 4.69) is 33.9 Å². The van der Waals surface area contributed by atoms with E-state index in [1.165, 1.54) is 0 Å². The Kier molecular flexibility index (Phi) is 4.62. The van der Waals surface area contributed by atoms with E-state index in [-0.39, 0.29) is 11.1 Å². The van der Waals surface area contributed by atoms with Crippen molar-refractivity contribution >= 4 is 8.32 Å². The average molecular weight is 318 g/mol. The zero-order valence-electron chi connectivity index (χ0n) is 14.3. The summed E-state index contributed by atoms with van der Waals surface area (Å²) in [6.07, 6.45) is -1.13. The van der Waals surface area contributed by atoms with Crippen molar-refractivity contribution in [2.75, 3.05) is 6.61 Å². The van der Waals surface area contributed by atoms with Crippen molar-refractivity contribution in [3.63, 3.8) is 0 Å². The van der Waals surface area contributed by atoms with Crippen LogP contribution in [-0.4, -0.2) is 50.4 Å². The third kappa shape index (κ3) is 3.68. The van der Waals surface area contributed by atoms with Gasteiger partial charge in [-0.1, -0.05) is 20.8 Å². The molecule has 0 aromatic heterocycles. The Morgan fingerprint density at radius 3 is 2.33 bits per heavy atom. The summed E-state index contributed by atoms with van der Waals surface area (Å²) in [5.41, 5.74) is 0. The van der Waals surface area contributed by atoms with Crippen molar-refractivity contribution < 1.29 is 23.7 Å². The molecule has 5 nitrogen and oxygen atoms in total. The summed E-state index contributed by atoms with van der Waals surface area (Å²) in [5, 5.41) is 10.5. The molecule has 0 radical (unpaired) electrons. The molecule has 0 aliphatic carbocycles. The molecular weight excluding hydrogens is 288 g/mol. The van der Waals surface area contributed by atoms with Crippen LogP contribution in [0.3, 0.4) is 0 Å². The van der Waals surface area contributed by atoms with E-state index in [0.717, 1.165) is 0 Å². The molecule has 0 aromatic carbocycles. The topological polar surface area (TPSA) is 57.2 Å². The fourth-order valence-electron chi connectivity index (χ4n) is 2.44. The van der Waals surface area contributed by atoms with E-state index in [4.69, 9.17) is 18.6 Å². The molecule has 21 heavy (non-hydrogen) atoms. The highest BCUT2D eigenvalue weighted by atomic mass is 28.4. The molecule has 4 atom stereocenters. The molecule has 2 rings (SSSR count). The van der Waals surface area contributed by atoms with Gasteiger partial charge in [-0.2, -0.15) is 0 Å². The van der Waals surface area contributed by atoms with Crippen LogP contribution in [0.4, 0.5) is 0 Å². The number of aliphatic hydroxyl groups is 1. The lowest BCUT2D eigenvalue weighted by molar-refractivity contribution is -0.215. The SMILES string of the molecule is CC1(C)OC2O[C@H](CCO[Si](C)(C)C(C)(C)C)[C@H](O)[C@H]2O1. The first-order valence-electron chi connectivity index (χ1n) is 7.76. The summed E-state index contributed by atoms with van der Waals surface area (Å²) in [4.78, 5) is 0. The van der Waals surface area contributed by atoms with E-state index in [0.29, 0.717) is 13.0 Å². The number of aliphatic hydroxyl groups excluding tert-OH is 1.